The molecule has 3 nitrogen and oxygen atoms in total. The molecular weight excluding hydrogens is 324 g/mol. The zero-order valence-corrected chi connectivity index (χ0v) is 16.7. The van der Waals surface area contributed by atoms with Crippen LogP contribution >= 0.6 is 0 Å². The summed E-state index contributed by atoms with van der Waals surface area (Å²) in [6.07, 6.45) is 18.8. The lowest BCUT2D eigenvalue weighted by atomic mass is 9.65. The predicted molar refractivity (Wildman–Crippen MR) is 104 cm³/mol. The van der Waals surface area contributed by atoms with Crippen LogP contribution in [0.2, 0.25) is 0 Å². The van der Waals surface area contributed by atoms with Gasteiger partial charge in [0, 0.05) is 6.42 Å². The van der Waals surface area contributed by atoms with Gasteiger partial charge >= 0.3 is 5.97 Å². The SMILES string of the molecule is COC(=O)[C@H]1CC[C@H](C2CCC([C@H]3CC[C@H](CCC=O)CC3)CC2)CC1. The number of esters is 1. The largest absolute Gasteiger partial charge is 0.469 e. The molecule has 0 spiro atoms. The van der Waals surface area contributed by atoms with Crippen LogP contribution in [-0.2, 0) is 14.3 Å². The Bertz CT molecular complexity index is 436. The molecule has 0 bridgehead atoms. The van der Waals surface area contributed by atoms with Crippen molar-refractivity contribution in [1.82, 2.24) is 0 Å². The average Bonchev–Trinajstić information content (AvgIpc) is 2.72. The smallest absolute Gasteiger partial charge is 0.308 e. The highest BCUT2D eigenvalue weighted by Gasteiger charge is 2.35. The first kappa shape index (κ1) is 19.9. The summed E-state index contributed by atoms with van der Waals surface area (Å²) >= 11 is 0. The molecule has 0 heterocycles. The summed E-state index contributed by atoms with van der Waals surface area (Å²) in [6, 6.07) is 0. The van der Waals surface area contributed by atoms with Crippen molar-refractivity contribution in [2.24, 2.45) is 35.5 Å². The maximum atomic E-state index is 11.7. The Balaban J connectivity index is 1.36. The van der Waals surface area contributed by atoms with E-state index in [9.17, 15) is 9.59 Å². The fraction of sp³-hybridized carbons (Fsp3) is 0.913. The Labute approximate surface area is 159 Å². The third-order valence-electron chi connectivity index (χ3n) is 8.04. The van der Waals surface area contributed by atoms with Gasteiger partial charge in [-0.1, -0.05) is 12.8 Å². The molecule has 0 unspecified atom stereocenters. The monoisotopic (exact) mass is 362 g/mol. The normalized spacial score (nSPS) is 38.5. The summed E-state index contributed by atoms with van der Waals surface area (Å²) in [5.74, 6) is 4.68. The highest BCUT2D eigenvalue weighted by Crippen LogP contribution is 2.46. The molecule has 0 aromatic heterocycles. The number of hydrogen-bond acceptors (Lipinski definition) is 3. The molecule has 0 radical (unpaired) electrons. The molecule has 3 heteroatoms. The lowest BCUT2D eigenvalue weighted by Crippen LogP contribution is -2.31. The second-order valence-electron chi connectivity index (χ2n) is 9.33. The number of ether oxygens (including phenoxy) is 1. The Morgan fingerprint density at radius 3 is 1.62 bits per heavy atom. The maximum absolute atomic E-state index is 11.7. The number of aldehydes is 1. The van der Waals surface area contributed by atoms with Gasteiger partial charge < -0.3 is 9.53 Å². The van der Waals surface area contributed by atoms with Crippen LogP contribution in [-0.4, -0.2) is 19.4 Å². The highest BCUT2D eigenvalue weighted by atomic mass is 16.5. The van der Waals surface area contributed by atoms with E-state index in [1.165, 1.54) is 71.3 Å². The fourth-order valence-electron chi connectivity index (χ4n) is 6.33. The van der Waals surface area contributed by atoms with Gasteiger partial charge in [-0.15, -0.1) is 0 Å². The van der Waals surface area contributed by atoms with Gasteiger partial charge in [-0.3, -0.25) is 4.79 Å². The van der Waals surface area contributed by atoms with Crippen molar-refractivity contribution in [3.8, 4) is 0 Å². The summed E-state index contributed by atoms with van der Waals surface area (Å²) in [6.45, 7) is 0. The van der Waals surface area contributed by atoms with E-state index in [-0.39, 0.29) is 11.9 Å². The zero-order chi connectivity index (χ0) is 18.4. The average molecular weight is 363 g/mol. The van der Waals surface area contributed by atoms with Crippen molar-refractivity contribution in [2.75, 3.05) is 7.11 Å². The first-order valence-electron chi connectivity index (χ1n) is 11.2. The van der Waals surface area contributed by atoms with Gasteiger partial charge in [-0.2, -0.15) is 0 Å². The van der Waals surface area contributed by atoms with Crippen LogP contribution in [0, 0.1) is 35.5 Å². The third kappa shape index (κ3) is 5.10. The minimum Gasteiger partial charge on any atom is -0.469 e. The molecule has 3 fully saturated rings. The van der Waals surface area contributed by atoms with Gasteiger partial charge in [-0.05, 0) is 100 Å². The molecule has 0 aliphatic heterocycles. The highest BCUT2D eigenvalue weighted by molar-refractivity contribution is 5.72. The number of methoxy groups -OCH3 is 1. The molecule has 3 rings (SSSR count). The van der Waals surface area contributed by atoms with Crippen molar-refractivity contribution in [2.45, 2.75) is 89.9 Å². The summed E-state index contributed by atoms with van der Waals surface area (Å²) < 4.78 is 4.92. The second-order valence-corrected chi connectivity index (χ2v) is 9.33. The van der Waals surface area contributed by atoms with Crippen LogP contribution < -0.4 is 0 Å². The van der Waals surface area contributed by atoms with Crippen LogP contribution in [0.4, 0.5) is 0 Å². The van der Waals surface area contributed by atoms with Gasteiger partial charge in [0.05, 0.1) is 13.0 Å². The number of hydrogen-bond donors (Lipinski definition) is 0. The molecule has 0 N–H and O–H groups in total. The van der Waals surface area contributed by atoms with Crippen molar-refractivity contribution >= 4 is 12.3 Å². The van der Waals surface area contributed by atoms with Crippen molar-refractivity contribution < 1.29 is 14.3 Å². The van der Waals surface area contributed by atoms with Crippen LogP contribution in [0.1, 0.15) is 89.9 Å². The Hall–Kier alpha value is -0.860. The van der Waals surface area contributed by atoms with Gasteiger partial charge in [0.1, 0.15) is 6.29 Å². The van der Waals surface area contributed by atoms with Crippen LogP contribution in [0.5, 0.6) is 0 Å². The summed E-state index contributed by atoms with van der Waals surface area (Å²) in [5.41, 5.74) is 0. The molecule has 3 saturated carbocycles. The van der Waals surface area contributed by atoms with E-state index in [4.69, 9.17) is 4.74 Å². The van der Waals surface area contributed by atoms with Crippen molar-refractivity contribution in [1.29, 1.82) is 0 Å². The third-order valence-corrected chi connectivity index (χ3v) is 8.04. The first-order valence-corrected chi connectivity index (χ1v) is 11.2. The molecular formula is C23H38O3. The second kappa shape index (κ2) is 9.90. The van der Waals surface area contributed by atoms with Crippen LogP contribution in [0.3, 0.4) is 0 Å². The van der Waals surface area contributed by atoms with E-state index in [0.717, 1.165) is 61.6 Å². The van der Waals surface area contributed by atoms with Crippen molar-refractivity contribution in [3.63, 3.8) is 0 Å². The van der Waals surface area contributed by atoms with Gasteiger partial charge in [-0.25, -0.2) is 0 Å². The van der Waals surface area contributed by atoms with Gasteiger partial charge in [0.25, 0.3) is 0 Å². The topological polar surface area (TPSA) is 43.4 Å². The quantitative estimate of drug-likeness (QED) is 0.459. The minimum absolute atomic E-state index is 0.0101. The molecule has 26 heavy (non-hydrogen) atoms. The molecule has 0 saturated heterocycles. The maximum Gasteiger partial charge on any atom is 0.308 e. The van der Waals surface area contributed by atoms with E-state index in [2.05, 4.69) is 0 Å². The van der Waals surface area contributed by atoms with E-state index < -0.39 is 0 Å². The molecule has 0 aromatic carbocycles. The Morgan fingerprint density at radius 2 is 1.19 bits per heavy atom. The summed E-state index contributed by atoms with van der Waals surface area (Å²) in [4.78, 5) is 22.3. The lowest BCUT2D eigenvalue weighted by molar-refractivity contribution is -0.147. The standard InChI is InChI=1S/C23H38O3/c1-26-23(25)22-14-12-21(13-15-22)20-10-8-19(9-11-20)18-6-4-17(5-7-18)3-2-16-24/h16-22H,2-15H2,1H3/t17-,18-,19?,20?,21-,22-. The fourth-order valence-corrected chi connectivity index (χ4v) is 6.33. The summed E-state index contributed by atoms with van der Waals surface area (Å²) in [7, 11) is 1.52. The van der Waals surface area contributed by atoms with E-state index in [1.54, 1.807) is 0 Å². The Kier molecular flexibility index (Phi) is 7.57. The van der Waals surface area contributed by atoms with Gasteiger partial charge in [0.15, 0.2) is 0 Å². The molecule has 3 aliphatic rings. The predicted octanol–water partition coefficient (Wildman–Crippen LogP) is 5.56. The molecule has 3 aliphatic carbocycles. The molecule has 148 valence electrons. The zero-order valence-electron chi connectivity index (χ0n) is 16.7. The number of rotatable bonds is 6. The minimum atomic E-state index is 0.0101. The molecule has 0 atom stereocenters. The number of carbonyl (C=O) groups excluding carboxylic acids is 2. The van der Waals surface area contributed by atoms with E-state index >= 15 is 0 Å². The number of carbonyl (C=O) groups is 2. The van der Waals surface area contributed by atoms with Gasteiger partial charge in [0.2, 0.25) is 0 Å². The Morgan fingerprint density at radius 1 is 0.769 bits per heavy atom. The lowest BCUT2D eigenvalue weighted by Gasteiger charge is -2.41. The van der Waals surface area contributed by atoms with Crippen LogP contribution in [0.15, 0.2) is 0 Å². The van der Waals surface area contributed by atoms with E-state index in [0.29, 0.717) is 0 Å². The summed E-state index contributed by atoms with van der Waals surface area (Å²) in [5, 5.41) is 0. The van der Waals surface area contributed by atoms with Crippen LogP contribution in [0.25, 0.3) is 0 Å². The van der Waals surface area contributed by atoms with E-state index in [1.807, 2.05) is 0 Å². The van der Waals surface area contributed by atoms with Crippen molar-refractivity contribution in [3.05, 3.63) is 0 Å². The first-order chi connectivity index (χ1) is 12.7. The molecule has 0 amide bonds. The molecule has 0 aromatic rings.